The van der Waals surface area contributed by atoms with Gasteiger partial charge in [-0.1, -0.05) is 25.0 Å². The summed E-state index contributed by atoms with van der Waals surface area (Å²) < 4.78 is 5.38. The average Bonchev–Trinajstić information content (AvgIpc) is 2.70. The maximum atomic E-state index is 10.1. The molecule has 1 aliphatic rings. The van der Waals surface area contributed by atoms with E-state index in [-0.39, 0.29) is 11.3 Å². The van der Waals surface area contributed by atoms with E-state index in [1.165, 1.54) is 0 Å². The Hall–Kier alpha value is -1.22. The molecule has 3 N–H and O–H groups in total. The van der Waals surface area contributed by atoms with Crippen molar-refractivity contribution in [2.45, 2.75) is 38.1 Å². The quantitative estimate of drug-likeness (QED) is 0.824. The topological polar surface area (TPSA) is 55.5 Å². The fourth-order valence-corrected chi connectivity index (χ4v) is 2.47. The molecule has 1 fully saturated rings. The lowest BCUT2D eigenvalue weighted by atomic mass is 9.88. The maximum absolute atomic E-state index is 10.1. The van der Waals surface area contributed by atoms with E-state index in [2.05, 4.69) is 0 Å². The SMILES string of the molecule is CCOc1cccc(C2(N)CCCC2)c1O. The van der Waals surface area contributed by atoms with Gasteiger partial charge in [0, 0.05) is 11.1 Å². The first-order valence-electron chi connectivity index (χ1n) is 5.91. The van der Waals surface area contributed by atoms with Crippen molar-refractivity contribution in [2.24, 2.45) is 5.73 Å². The lowest BCUT2D eigenvalue weighted by molar-refractivity contribution is 0.311. The summed E-state index contributed by atoms with van der Waals surface area (Å²) in [7, 11) is 0. The van der Waals surface area contributed by atoms with Gasteiger partial charge in [0.1, 0.15) is 0 Å². The van der Waals surface area contributed by atoms with Crippen LogP contribution in [0.15, 0.2) is 18.2 Å². The van der Waals surface area contributed by atoms with Crippen molar-refractivity contribution >= 4 is 0 Å². The summed E-state index contributed by atoms with van der Waals surface area (Å²) in [5.74, 6) is 0.755. The first kappa shape index (κ1) is 11.3. The normalized spacial score (nSPS) is 18.6. The number of ether oxygens (including phenoxy) is 1. The second-order valence-electron chi connectivity index (χ2n) is 4.45. The Morgan fingerprint density at radius 2 is 2.06 bits per heavy atom. The highest BCUT2D eigenvalue weighted by Gasteiger charge is 2.34. The number of hydrogen-bond acceptors (Lipinski definition) is 3. The molecule has 1 aromatic rings. The maximum Gasteiger partial charge on any atom is 0.162 e. The summed E-state index contributed by atoms with van der Waals surface area (Å²) in [6, 6.07) is 5.58. The van der Waals surface area contributed by atoms with Crippen LogP contribution in [0.4, 0.5) is 0 Å². The van der Waals surface area contributed by atoms with E-state index in [1.54, 1.807) is 6.07 Å². The Bertz CT molecular complexity index is 370. The minimum Gasteiger partial charge on any atom is -0.504 e. The Kier molecular flexibility index (Phi) is 3.06. The molecule has 1 saturated carbocycles. The molecule has 0 atom stereocenters. The summed E-state index contributed by atoms with van der Waals surface area (Å²) >= 11 is 0. The van der Waals surface area contributed by atoms with Gasteiger partial charge in [-0.05, 0) is 25.8 Å². The van der Waals surface area contributed by atoms with Crippen molar-refractivity contribution in [1.82, 2.24) is 0 Å². The Labute approximate surface area is 96.2 Å². The third-order valence-corrected chi connectivity index (χ3v) is 3.33. The summed E-state index contributed by atoms with van der Waals surface area (Å²) in [6.45, 7) is 2.45. The monoisotopic (exact) mass is 221 g/mol. The lowest BCUT2D eigenvalue weighted by Gasteiger charge is -2.25. The molecule has 0 heterocycles. The van der Waals surface area contributed by atoms with Crippen molar-refractivity contribution in [1.29, 1.82) is 0 Å². The molecule has 3 heteroatoms. The fraction of sp³-hybridized carbons (Fsp3) is 0.538. The van der Waals surface area contributed by atoms with E-state index in [9.17, 15) is 5.11 Å². The molecule has 0 spiro atoms. The third-order valence-electron chi connectivity index (χ3n) is 3.33. The van der Waals surface area contributed by atoms with Crippen LogP contribution in [-0.4, -0.2) is 11.7 Å². The third kappa shape index (κ3) is 1.87. The Morgan fingerprint density at radius 1 is 1.38 bits per heavy atom. The molecular weight excluding hydrogens is 202 g/mol. The van der Waals surface area contributed by atoms with E-state index in [4.69, 9.17) is 10.5 Å². The Morgan fingerprint density at radius 3 is 2.69 bits per heavy atom. The van der Waals surface area contributed by atoms with Crippen LogP contribution in [0.5, 0.6) is 11.5 Å². The molecule has 16 heavy (non-hydrogen) atoms. The minimum atomic E-state index is -0.364. The van der Waals surface area contributed by atoms with E-state index >= 15 is 0 Å². The van der Waals surface area contributed by atoms with Gasteiger partial charge in [0.2, 0.25) is 0 Å². The molecule has 0 amide bonds. The van der Waals surface area contributed by atoms with Gasteiger partial charge in [-0.25, -0.2) is 0 Å². The van der Waals surface area contributed by atoms with Crippen LogP contribution in [0.2, 0.25) is 0 Å². The number of benzene rings is 1. The van der Waals surface area contributed by atoms with Crippen LogP contribution in [0.1, 0.15) is 38.2 Å². The zero-order chi connectivity index (χ0) is 11.6. The van der Waals surface area contributed by atoms with Crippen molar-refractivity contribution in [3.8, 4) is 11.5 Å². The largest absolute Gasteiger partial charge is 0.504 e. The highest BCUT2D eigenvalue weighted by molar-refractivity contribution is 5.49. The number of nitrogens with two attached hydrogens (primary N) is 1. The lowest BCUT2D eigenvalue weighted by Crippen LogP contribution is -2.33. The molecule has 0 aliphatic heterocycles. The molecule has 0 saturated heterocycles. The predicted octanol–water partition coefficient (Wildman–Crippen LogP) is 2.52. The van der Waals surface area contributed by atoms with Crippen molar-refractivity contribution in [3.05, 3.63) is 23.8 Å². The molecular formula is C13H19NO2. The smallest absolute Gasteiger partial charge is 0.162 e. The van der Waals surface area contributed by atoms with E-state index in [1.807, 2.05) is 19.1 Å². The number of rotatable bonds is 3. The molecule has 0 aromatic heterocycles. The van der Waals surface area contributed by atoms with Gasteiger partial charge in [-0.3, -0.25) is 0 Å². The van der Waals surface area contributed by atoms with Gasteiger partial charge in [0.25, 0.3) is 0 Å². The summed E-state index contributed by atoms with van der Waals surface area (Å²) in [6.07, 6.45) is 4.15. The molecule has 2 rings (SSSR count). The predicted molar refractivity (Wildman–Crippen MR) is 63.6 cm³/mol. The minimum absolute atomic E-state index is 0.216. The standard InChI is InChI=1S/C13H19NO2/c1-2-16-11-7-5-6-10(12(11)15)13(14)8-3-4-9-13/h5-7,15H,2-4,8-9,14H2,1H3. The number of phenols is 1. The molecule has 3 nitrogen and oxygen atoms in total. The van der Waals surface area contributed by atoms with Crippen LogP contribution in [0, 0.1) is 0 Å². The summed E-state index contributed by atoms with van der Waals surface area (Å²) in [5, 5.41) is 10.1. The van der Waals surface area contributed by atoms with E-state index in [0.29, 0.717) is 12.4 Å². The van der Waals surface area contributed by atoms with Gasteiger partial charge in [-0.15, -0.1) is 0 Å². The van der Waals surface area contributed by atoms with E-state index < -0.39 is 0 Å². The molecule has 1 aromatic carbocycles. The van der Waals surface area contributed by atoms with Crippen molar-refractivity contribution < 1.29 is 9.84 Å². The van der Waals surface area contributed by atoms with Crippen LogP contribution < -0.4 is 10.5 Å². The number of phenolic OH excluding ortho intramolecular Hbond substituents is 1. The molecule has 0 unspecified atom stereocenters. The molecule has 88 valence electrons. The van der Waals surface area contributed by atoms with Crippen LogP contribution in [-0.2, 0) is 5.54 Å². The highest BCUT2D eigenvalue weighted by Crippen LogP contribution is 2.43. The van der Waals surface area contributed by atoms with Crippen LogP contribution >= 0.6 is 0 Å². The highest BCUT2D eigenvalue weighted by atomic mass is 16.5. The van der Waals surface area contributed by atoms with Gasteiger partial charge in [0.15, 0.2) is 11.5 Å². The molecule has 0 radical (unpaired) electrons. The van der Waals surface area contributed by atoms with Crippen LogP contribution in [0.25, 0.3) is 0 Å². The van der Waals surface area contributed by atoms with Crippen molar-refractivity contribution in [2.75, 3.05) is 6.61 Å². The van der Waals surface area contributed by atoms with Crippen molar-refractivity contribution in [3.63, 3.8) is 0 Å². The van der Waals surface area contributed by atoms with Gasteiger partial charge < -0.3 is 15.6 Å². The van der Waals surface area contributed by atoms with Gasteiger partial charge in [-0.2, -0.15) is 0 Å². The van der Waals surface area contributed by atoms with Gasteiger partial charge in [0.05, 0.1) is 6.61 Å². The number of hydrogen-bond donors (Lipinski definition) is 2. The Balaban J connectivity index is 2.37. The zero-order valence-corrected chi connectivity index (χ0v) is 9.70. The second kappa shape index (κ2) is 4.34. The average molecular weight is 221 g/mol. The fourth-order valence-electron chi connectivity index (χ4n) is 2.47. The zero-order valence-electron chi connectivity index (χ0n) is 9.70. The van der Waals surface area contributed by atoms with Gasteiger partial charge >= 0.3 is 0 Å². The number of para-hydroxylation sites is 1. The molecule has 0 bridgehead atoms. The first-order valence-corrected chi connectivity index (χ1v) is 5.91. The molecule has 1 aliphatic carbocycles. The summed E-state index contributed by atoms with van der Waals surface area (Å²) in [5.41, 5.74) is 6.80. The van der Waals surface area contributed by atoms with Crippen LogP contribution in [0.3, 0.4) is 0 Å². The van der Waals surface area contributed by atoms with E-state index in [0.717, 1.165) is 31.2 Å². The number of aromatic hydroxyl groups is 1. The first-order chi connectivity index (χ1) is 7.67. The summed E-state index contributed by atoms with van der Waals surface area (Å²) in [4.78, 5) is 0. The second-order valence-corrected chi connectivity index (χ2v) is 4.45.